The zero-order valence-electron chi connectivity index (χ0n) is 10.6. The first-order valence-corrected chi connectivity index (χ1v) is 5.70. The topological polar surface area (TPSA) is 51.2 Å². The van der Waals surface area contributed by atoms with Gasteiger partial charge in [0.05, 0.1) is 32.5 Å². The van der Waals surface area contributed by atoms with Crippen molar-refractivity contribution in [1.29, 1.82) is 0 Å². The van der Waals surface area contributed by atoms with Gasteiger partial charge in [0.25, 0.3) is 0 Å². The monoisotopic (exact) mass is 235 g/mol. The van der Waals surface area contributed by atoms with Crippen molar-refractivity contribution < 1.29 is 19.3 Å². The van der Waals surface area contributed by atoms with Gasteiger partial charge in [-0.25, -0.2) is 0 Å². The Balaban J connectivity index is 3.53. The fraction of sp³-hybridized carbons (Fsp3) is 1.00. The van der Waals surface area contributed by atoms with Gasteiger partial charge in [-0.2, -0.15) is 0 Å². The summed E-state index contributed by atoms with van der Waals surface area (Å²) >= 11 is 0. The van der Waals surface area contributed by atoms with Gasteiger partial charge < -0.3 is 19.3 Å². The minimum Gasteiger partial charge on any atom is -0.389 e. The van der Waals surface area contributed by atoms with E-state index >= 15 is 0 Å². The van der Waals surface area contributed by atoms with Gasteiger partial charge in [0.1, 0.15) is 0 Å². The van der Waals surface area contributed by atoms with Crippen LogP contribution in [0.15, 0.2) is 0 Å². The molecule has 98 valence electrons. The summed E-state index contributed by atoms with van der Waals surface area (Å²) in [5.74, 6) is 0. The van der Waals surface area contributed by atoms with Crippen molar-refractivity contribution in [3.05, 3.63) is 0 Å². The van der Waals surface area contributed by atoms with Crippen LogP contribution in [0.4, 0.5) is 0 Å². The molecule has 0 aromatic heterocycles. The average Bonchev–Trinajstić information content (AvgIpc) is 2.30. The van der Waals surface area contributed by atoms with Crippen molar-refractivity contribution in [2.24, 2.45) is 0 Å². The van der Waals surface area contributed by atoms with E-state index < -0.39 is 6.10 Å². The molecule has 0 rings (SSSR count). The summed E-state index contributed by atoms with van der Waals surface area (Å²) in [6, 6.07) is 0. The highest BCUT2D eigenvalue weighted by Crippen LogP contribution is 1.94. The predicted molar refractivity (Wildman–Crippen MR) is 62.7 cm³/mol. The Morgan fingerprint density at radius 1 is 1.12 bits per heavy atom. The van der Waals surface area contributed by atoms with E-state index in [1.165, 1.54) is 0 Å². The maximum atomic E-state index is 9.70. The summed E-state index contributed by atoms with van der Waals surface area (Å²) in [6.07, 6.45) is -0.450. The van der Waals surface area contributed by atoms with Gasteiger partial charge in [-0.3, -0.25) is 4.90 Å². The molecule has 0 heterocycles. The molecule has 0 aliphatic heterocycles. The van der Waals surface area contributed by atoms with E-state index in [4.69, 9.17) is 14.2 Å². The van der Waals surface area contributed by atoms with Gasteiger partial charge in [-0.15, -0.1) is 0 Å². The summed E-state index contributed by atoms with van der Waals surface area (Å²) in [4.78, 5) is 2.13. The number of nitrogens with zero attached hydrogens (tertiary/aromatic N) is 1. The molecule has 0 fully saturated rings. The molecule has 1 N–H and O–H groups in total. The molecule has 0 radical (unpaired) electrons. The van der Waals surface area contributed by atoms with E-state index in [1.54, 1.807) is 14.2 Å². The van der Waals surface area contributed by atoms with E-state index in [0.717, 1.165) is 13.1 Å². The lowest BCUT2D eigenvalue weighted by Gasteiger charge is -2.23. The van der Waals surface area contributed by atoms with Gasteiger partial charge in [-0.05, 0) is 6.54 Å². The molecular weight excluding hydrogens is 210 g/mol. The van der Waals surface area contributed by atoms with Crippen LogP contribution in [-0.4, -0.2) is 76.4 Å². The van der Waals surface area contributed by atoms with Gasteiger partial charge in [0.2, 0.25) is 0 Å². The van der Waals surface area contributed by atoms with Gasteiger partial charge >= 0.3 is 0 Å². The number of hydrogen-bond donors (Lipinski definition) is 1. The van der Waals surface area contributed by atoms with E-state index in [2.05, 4.69) is 11.8 Å². The maximum absolute atomic E-state index is 9.70. The van der Waals surface area contributed by atoms with E-state index in [-0.39, 0.29) is 0 Å². The molecule has 0 aromatic rings. The molecule has 0 aliphatic carbocycles. The Kier molecular flexibility index (Phi) is 11.1. The third-order valence-electron chi connectivity index (χ3n) is 2.27. The van der Waals surface area contributed by atoms with E-state index in [1.807, 2.05) is 0 Å². The van der Waals surface area contributed by atoms with Crippen molar-refractivity contribution in [2.75, 3.05) is 60.3 Å². The predicted octanol–water partition coefficient (Wildman–Crippen LogP) is -0.0214. The first-order valence-electron chi connectivity index (χ1n) is 5.70. The van der Waals surface area contributed by atoms with Crippen LogP contribution < -0.4 is 0 Å². The zero-order valence-corrected chi connectivity index (χ0v) is 10.6. The molecule has 5 nitrogen and oxygen atoms in total. The van der Waals surface area contributed by atoms with Gasteiger partial charge in [0, 0.05) is 27.3 Å². The fourth-order valence-corrected chi connectivity index (χ4v) is 1.31. The third-order valence-corrected chi connectivity index (χ3v) is 2.27. The first-order chi connectivity index (χ1) is 7.74. The summed E-state index contributed by atoms with van der Waals surface area (Å²) in [5, 5.41) is 9.70. The Morgan fingerprint density at radius 2 is 1.81 bits per heavy atom. The van der Waals surface area contributed by atoms with Crippen LogP contribution in [-0.2, 0) is 14.2 Å². The minimum atomic E-state index is -0.450. The van der Waals surface area contributed by atoms with Crippen LogP contribution in [0.25, 0.3) is 0 Å². The molecule has 1 atom stereocenters. The lowest BCUT2D eigenvalue weighted by Crippen LogP contribution is -2.37. The van der Waals surface area contributed by atoms with Crippen LogP contribution in [0.1, 0.15) is 6.92 Å². The molecule has 0 aliphatic rings. The number of rotatable bonds is 11. The Bertz CT molecular complexity index is 146. The van der Waals surface area contributed by atoms with Gasteiger partial charge in [-0.1, -0.05) is 6.92 Å². The average molecular weight is 235 g/mol. The van der Waals surface area contributed by atoms with Crippen molar-refractivity contribution >= 4 is 0 Å². The lowest BCUT2D eigenvalue weighted by atomic mass is 10.3. The summed E-state index contributed by atoms with van der Waals surface area (Å²) in [7, 11) is 3.31. The Hall–Kier alpha value is -0.200. The summed E-state index contributed by atoms with van der Waals surface area (Å²) in [6.45, 7) is 6.55. The highest BCUT2D eigenvalue weighted by Gasteiger charge is 2.09. The van der Waals surface area contributed by atoms with E-state index in [0.29, 0.717) is 33.0 Å². The number of aliphatic hydroxyl groups excluding tert-OH is 1. The molecular formula is C11H25NO4. The van der Waals surface area contributed by atoms with Crippen LogP contribution in [0.3, 0.4) is 0 Å². The first kappa shape index (κ1) is 15.8. The largest absolute Gasteiger partial charge is 0.389 e. The fourth-order valence-electron chi connectivity index (χ4n) is 1.31. The van der Waals surface area contributed by atoms with Gasteiger partial charge in [0.15, 0.2) is 0 Å². The Morgan fingerprint density at radius 3 is 2.38 bits per heavy atom. The highest BCUT2D eigenvalue weighted by molar-refractivity contribution is 4.62. The summed E-state index contributed by atoms with van der Waals surface area (Å²) < 4.78 is 15.1. The molecule has 0 spiro atoms. The molecule has 1 unspecified atom stereocenters. The van der Waals surface area contributed by atoms with Crippen molar-refractivity contribution in [1.82, 2.24) is 4.90 Å². The van der Waals surface area contributed by atoms with Crippen molar-refractivity contribution in [3.8, 4) is 0 Å². The second kappa shape index (κ2) is 11.3. The zero-order chi connectivity index (χ0) is 12.2. The van der Waals surface area contributed by atoms with Crippen LogP contribution in [0.2, 0.25) is 0 Å². The normalized spacial score (nSPS) is 13.3. The second-order valence-corrected chi connectivity index (χ2v) is 3.61. The lowest BCUT2D eigenvalue weighted by molar-refractivity contribution is -0.00238. The highest BCUT2D eigenvalue weighted by atomic mass is 16.5. The number of hydrogen-bond acceptors (Lipinski definition) is 5. The summed E-state index contributed by atoms with van der Waals surface area (Å²) in [5.41, 5.74) is 0. The molecule has 0 amide bonds. The van der Waals surface area contributed by atoms with Crippen molar-refractivity contribution in [2.45, 2.75) is 13.0 Å². The standard InChI is InChI=1S/C11H25NO4/c1-4-12(5-6-14-2)9-11(13)10-16-8-7-15-3/h11,13H,4-10H2,1-3H3. The van der Waals surface area contributed by atoms with Crippen LogP contribution >= 0.6 is 0 Å². The smallest absolute Gasteiger partial charge is 0.0900 e. The number of aliphatic hydroxyl groups is 1. The minimum absolute atomic E-state index is 0.354. The number of likely N-dealkylation sites (N-methyl/N-ethyl adjacent to an activating group) is 1. The van der Waals surface area contributed by atoms with E-state index in [9.17, 15) is 5.11 Å². The van der Waals surface area contributed by atoms with Crippen LogP contribution in [0, 0.1) is 0 Å². The second-order valence-electron chi connectivity index (χ2n) is 3.61. The number of ether oxygens (including phenoxy) is 3. The molecule has 0 saturated carbocycles. The molecule has 0 saturated heterocycles. The molecule has 0 aromatic carbocycles. The third kappa shape index (κ3) is 9.06. The quantitative estimate of drug-likeness (QED) is 0.510. The maximum Gasteiger partial charge on any atom is 0.0900 e. The number of methoxy groups -OCH3 is 2. The Labute approximate surface area is 98.3 Å². The van der Waals surface area contributed by atoms with Crippen LogP contribution in [0.5, 0.6) is 0 Å². The molecule has 16 heavy (non-hydrogen) atoms. The molecule has 5 heteroatoms. The molecule has 0 bridgehead atoms. The SMILES string of the molecule is CCN(CCOC)CC(O)COCCOC. The van der Waals surface area contributed by atoms with Crippen molar-refractivity contribution in [3.63, 3.8) is 0 Å².